The fourth-order valence-electron chi connectivity index (χ4n) is 1.66. The van der Waals surface area contributed by atoms with Crippen LogP contribution in [0.3, 0.4) is 0 Å². The molecule has 0 aromatic heterocycles. The number of carbonyl (C=O) groups is 1. The number of nitrogens with one attached hydrogen (secondary N) is 2. The Morgan fingerprint density at radius 1 is 1.40 bits per heavy atom. The van der Waals surface area contributed by atoms with Gasteiger partial charge in [0.15, 0.2) is 0 Å². The molecular formula is C15H22N2O3. The SMILES string of the molecule is C=CCNC(=O)NCC(OCCO)c1ccc(C)cc1. The zero-order valence-electron chi connectivity index (χ0n) is 11.8. The quantitative estimate of drug-likeness (QED) is 0.632. The molecular weight excluding hydrogens is 256 g/mol. The van der Waals surface area contributed by atoms with E-state index in [4.69, 9.17) is 9.84 Å². The lowest BCUT2D eigenvalue weighted by Gasteiger charge is -2.19. The van der Waals surface area contributed by atoms with Gasteiger partial charge < -0.3 is 20.5 Å². The van der Waals surface area contributed by atoms with Gasteiger partial charge in [-0.3, -0.25) is 0 Å². The number of urea groups is 1. The molecule has 0 saturated heterocycles. The van der Waals surface area contributed by atoms with Crippen molar-refractivity contribution in [1.29, 1.82) is 0 Å². The number of ether oxygens (including phenoxy) is 1. The molecule has 1 rings (SSSR count). The Hall–Kier alpha value is -1.85. The lowest BCUT2D eigenvalue weighted by atomic mass is 10.1. The first-order valence-corrected chi connectivity index (χ1v) is 6.59. The van der Waals surface area contributed by atoms with Crippen LogP contribution in [0.5, 0.6) is 0 Å². The van der Waals surface area contributed by atoms with Gasteiger partial charge in [0.25, 0.3) is 0 Å². The summed E-state index contributed by atoms with van der Waals surface area (Å²) < 4.78 is 5.56. The molecule has 0 bridgehead atoms. The second-order valence-corrected chi connectivity index (χ2v) is 4.37. The number of carbonyl (C=O) groups excluding carboxylic acids is 1. The van der Waals surface area contributed by atoms with Crippen molar-refractivity contribution in [2.75, 3.05) is 26.3 Å². The predicted octanol–water partition coefficient (Wildman–Crippen LogP) is 1.53. The Morgan fingerprint density at radius 2 is 2.10 bits per heavy atom. The van der Waals surface area contributed by atoms with E-state index in [-0.39, 0.29) is 25.3 Å². The number of amides is 2. The second kappa shape index (κ2) is 9.12. The summed E-state index contributed by atoms with van der Waals surface area (Å²) in [6, 6.07) is 7.63. The molecule has 0 aliphatic carbocycles. The maximum atomic E-state index is 11.5. The fraction of sp³-hybridized carbons (Fsp3) is 0.400. The van der Waals surface area contributed by atoms with Gasteiger partial charge in [-0.2, -0.15) is 0 Å². The van der Waals surface area contributed by atoms with Gasteiger partial charge in [-0.15, -0.1) is 6.58 Å². The third-order valence-electron chi connectivity index (χ3n) is 2.71. The second-order valence-electron chi connectivity index (χ2n) is 4.37. The van der Waals surface area contributed by atoms with Crippen molar-refractivity contribution < 1.29 is 14.6 Å². The van der Waals surface area contributed by atoms with E-state index in [1.807, 2.05) is 31.2 Å². The summed E-state index contributed by atoms with van der Waals surface area (Å²) in [5.74, 6) is 0. The maximum absolute atomic E-state index is 11.5. The van der Waals surface area contributed by atoms with Crippen LogP contribution in [0.25, 0.3) is 0 Å². The predicted molar refractivity (Wildman–Crippen MR) is 78.6 cm³/mol. The molecule has 1 atom stereocenters. The number of benzene rings is 1. The summed E-state index contributed by atoms with van der Waals surface area (Å²) in [5, 5.41) is 14.2. The van der Waals surface area contributed by atoms with Crippen molar-refractivity contribution in [3.63, 3.8) is 0 Å². The summed E-state index contributed by atoms with van der Waals surface area (Å²) in [6.45, 7) is 6.47. The van der Waals surface area contributed by atoms with Crippen LogP contribution in [0, 0.1) is 6.92 Å². The fourth-order valence-corrected chi connectivity index (χ4v) is 1.66. The monoisotopic (exact) mass is 278 g/mol. The molecule has 1 aromatic carbocycles. The topological polar surface area (TPSA) is 70.6 Å². The first-order chi connectivity index (χ1) is 9.67. The highest BCUT2D eigenvalue weighted by molar-refractivity contribution is 5.73. The zero-order valence-corrected chi connectivity index (χ0v) is 11.8. The van der Waals surface area contributed by atoms with E-state index in [9.17, 15) is 4.79 Å². The van der Waals surface area contributed by atoms with Crippen LogP contribution in [-0.2, 0) is 4.74 Å². The molecule has 0 aliphatic heterocycles. The lowest BCUT2D eigenvalue weighted by Crippen LogP contribution is -2.38. The van der Waals surface area contributed by atoms with E-state index in [1.165, 1.54) is 0 Å². The number of rotatable bonds is 8. The van der Waals surface area contributed by atoms with Crippen molar-refractivity contribution >= 4 is 6.03 Å². The van der Waals surface area contributed by atoms with Gasteiger partial charge >= 0.3 is 6.03 Å². The van der Waals surface area contributed by atoms with Crippen LogP contribution in [0.4, 0.5) is 4.79 Å². The molecule has 0 spiro atoms. The van der Waals surface area contributed by atoms with Gasteiger partial charge in [-0.1, -0.05) is 35.9 Å². The van der Waals surface area contributed by atoms with E-state index >= 15 is 0 Å². The van der Waals surface area contributed by atoms with Gasteiger partial charge in [0.1, 0.15) is 0 Å². The van der Waals surface area contributed by atoms with Crippen LogP contribution in [-0.4, -0.2) is 37.4 Å². The highest BCUT2D eigenvalue weighted by Gasteiger charge is 2.13. The minimum atomic E-state index is -0.280. The van der Waals surface area contributed by atoms with Crippen molar-refractivity contribution in [2.45, 2.75) is 13.0 Å². The Bertz CT molecular complexity index is 418. The molecule has 1 unspecified atom stereocenters. The normalized spacial score (nSPS) is 11.7. The molecule has 0 heterocycles. The van der Waals surface area contributed by atoms with Crippen molar-refractivity contribution in [2.24, 2.45) is 0 Å². The maximum Gasteiger partial charge on any atom is 0.315 e. The molecule has 0 radical (unpaired) electrons. The van der Waals surface area contributed by atoms with Crippen molar-refractivity contribution in [3.8, 4) is 0 Å². The van der Waals surface area contributed by atoms with Crippen LogP contribution in [0.15, 0.2) is 36.9 Å². The lowest BCUT2D eigenvalue weighted by molar-refractivity contribution is 0.0295. The van der Waals surface area contributed by atoms with E-state index in [0.29, 0.717) is 13.1 Å². The first kappa shape index (κ1) is 16.2. The standard InChI is InChI=1S/C15H22N2O3/c1-3-8-16-15(19)17-11-14(20-10-9-18)13-6-4-12(2)5-7-13/h3-7,14,18H,1,8-11H2,2H3,(H2,16,17,19). The third kappa shape index (κ3) is 5.86. The van der Waals surface area contributed by atoms with Crippen LogP contribution in [0.2, 0.25) is 0 Å². The third-order valence-corrected chi connectivity index (χ3v) is 2.71. The largest absolute Gasteiger partial charge is 0.394 e. The summed E-state index contributed by atoms with van der Waals surface area (Å²) in [4.78, 5) is 11.5. The van der Waals surface area contributed by atoms with Crippen LogP contribution < -0.4 is 10.6 Å². The van der Waals surface area contributed by atoms with E-state index in [0.717, 1.165) is 11.1 Å². The minimum absolute atomic E-state index is 0.0506. The van der Waals surface area contributed by atoms with Gasteiger partial charge in [-0.05, 0) is 12.5 Å². The summed E-state index contributed by atoms with van der Waals surface area (Å²) in [6.07, 6.45) is 1.33. The van der Waals surface area contributed by atoms with E-state index in [2.05, 4.69) is 17.2 Å². The molecule has 3 N–H and O–H groups in total. The minimum Gasteiger partial charge on any atom is -0.394 e. The Balaban J connectivity index is 2.57. The first-order valence-electron chi connectivity index (χ1n) is 6.59. The zero-order chi connectivity index (χ0) is 14.8. The molecule has 0 fully saturated rings. The van der Waals surface area contributed by atoms with Crippen LogP contribution >= 0.6 is 0 Å². The highest BCUT2D eigenvalue weighted by atomic mass is 16.5. The molecule has 0 aliphatic rings. The molecule has 20 heavy (non-hydrogen) atoms. The smallest absolute Gasteiger partial charge is 0.315 e. The number of hydrogen-bond acceptors (Lipinski definition) is 3. The molecule has 5 nitrogen and oxygen atoms in total. The van der Waals surface area contributed by atoms with Gasteiger partial charge in [-0.25, -0.2) is 4.79 Å². The van der Waals surface area contributed by atoms with Crippen molar-refractivity contribution in [3.05, 3.63) is 48.0 Å². The Labute approximate surface area is 119 Å². The van der Waals surface area contributed by atoms with Crippen molar-refractivity contribution in [1.82, 2.24) is 10.6 Å². The average Bonchev–Trinajstić information content (AvgIpc) is 2.46. The van der Waals surface area contributed by atoms with Crippen LogP contribution in [0.1, 0.15) is 17.2 Å². The van der Waals surface area contributed by atoms with Gasteiger partial charge in [0, 0.05) is 13.1 Å². The number of hydrogen-bond donors (Lipinski definition) is 3. The Kier molecular flexibility index (Phi) is 7.39. The Morgan fingerprint density at radius 3 is 2.70 bits per heavy atom. The molecule has 1 aromatic rings. The summed E-state index contributed by atoms with van der Waals surface area (Å²) in [5.41, 5.74) is 2.12. The number of aliphatic hydroxyl groups excluding tert-OH is 1. The molecule has 5 heteroatoms. The van der Waals surface area contributed by atoms with E-state index in [1.54, 1.807) is 6.08 Å². The molecule has 0 saturated carbocycles. The highest BCUT2D eigenvalue weighted by Crippen LogP contribution is 2.17. The number of aryl methyl sites for hydroxylation is 1. The summed E-state index contributed by atoms with van der Waals surface area (Å²) >= 11 is 0. The average molecular weight is 278 g/mol. The molecule has 110 valence electrons. The van der Waals surface area contributed by atoms with E-state index < -0.39 is 0 Å². The van der Waals surface area contributed by atoms with Gasteiger partial charge in [0.2, 0.25) is 0 Å². The van der Waals surface area contributed by atoms with Gasteiger partial charge in [0.05, 0.1) is 19.3 Å². The summed E-state index contributed by atoms with van der Waals surface area (Å²) in [7, 11) is 0. The number of aliphatic hydroxyl groups is 1. The molecule has 2 amide bonds.